The molecule has 1 fully saturated rings. The zero-order valence-electron chi connectivity index (χ0n) is 15.7. The van der Waals surface area contributed by atoms with Crippen LogP contribution < -0.4 is 16.4 Å². The minimum Gasteiger partial charge on any atom is -0.493 e. The summed E-state index contributed by atoms with van der Waals surface area (Å²) in [5.74, 6) is -0.667. The van der Waals surface area contributed by atoms with E-state index in [0.717, 1.165) is 18.4 Å². The molecule has 0 aromatic carbocycles. The van der Waals surface area contributed by atoms with E-state index >= 15 is 0 Å². The third-order valence-electron chi connectivity index (χ3n) is 4.66. The van der Waals surface area contributed by atoms with Crippen LogP contribution in [0.4, 0.5) is 0 Å². The zero-order chi connectivity index (χ0) is 20.8. The van der Waals surface area contributed by atoms with Crippen LogP contribution in [0.2, 0.25) is 0 Å². The summed E-state index contributed by atoms with van der Waals surface area (Å²) < 4.78 is 6.41. The molecule has 11 heteroatoms. The highest BCUT2D eigenvalue weighted by Crippen LogP contribution is 2.25. The molecule has 1 aliphatic carbocycles. The molecule has 0 amide bonds. The first-order valence-corrected chi connectivity index (χ1v) is 10.0. The summed E-state index contributed by atoms with van der Waals surface area (Å²) in [6, 6.07) is 3.82. The van der Waals surface area contributed by atoms with E-state index in [4.69, 9.17) is 14.7 Å². The number of hydrogen-bond donors (Lipinski definition) is 3. The molecule has 10 nitrogen and oxygen atoms in total. The topological polar surface area (TPSA) is 138 Å². The molecule has 0 unspecified atom stereocenters. The van der Waals surface area contributed by atoms with Crippen LogP contribution in [0.15, 0.2) is 33.5 Å². The number of nitrogens with one attached hydrogen (secondary N) is 2. The van der Waals surface area contributed by atoms with Crippen LogP contribution in [0.3, 0.4) is 0 Å². The van der Waals surface area contributed by atoms with Gasteiger partial charge < -0.3 is 14.8 Å². The number of rotatable bonds is 4. The van der Waals surface area contributed by atoms with Crippen molar-refractivity contribution in [3.8, 4) is 17.1 Å². The highest BCUT2D eigenvalue weighted by atomic mass is 32.1. The Morgan fingerprint density at radius 3 is 2.93 bits per heavy atom. The molecule has 0 bridgehead atoms. The molecule has 152 valence electrons. The first-order chi connectivity index (χ1) is 14.5. The number of nitrogens with zero attached hydrogens (tertiary/aromatic N) is 4. The molecular formula is C19H16N6O4S. The largest absolute Gasteiger partial charge is 0.493 e. The van der Waals surface area contributed by atoms with Gasteiger partial charge in [0.05, 0.1) is 25.0 Å². The van der Waals surface area contributed by atoms with Crippen LogP contribution in [0.25, 0.3) is 23.0 Å². The lowest BCUT2D eigenvalue weighted by Crippen LogP contribution is -2.19. The van der Waals surface area contributed by atoms with E-state index in [1.807, 2.05) is 11.4 Å². The first kappa shape index (κ1) is 18.3. The van der Waals surface area contributed by atoms with Gasteiger partial charge in [-0.3, -0.25) is 9.98 Å². The predicted molar refractivity (Wildman–Crippen MR) is 108 cm³/mol. The number of carbonyl (C=O) groups is 1. The van der Waals surface area contributed by atoms with Crippen LogP contribution in [-0.4, -0.2) is 48.8 Å². The van der Waals surface area contributed by atoms with Gasteiger partial charge in [0.15, 0.2) is 11.1 Å². The lowest BCUT2D eigenvalue weighted by molar-refractivity contribution is 0.0606. The Hall–Kier alpha value is -3.73. The van der Waals surface area contributed by atoms with Crippen molar-refractivity contribution < 1.29 is 14.6 Å². The Morgan fingerprint density at radius 1 is 1.40 bits per heavy atom. The summed E-state index contributed by atoms with van der Waals surface area (Å²) in [7, 11) is 1.34. The second-order valence-electron chi connectivity index (χ2n) is 6.87. The molecule has 30 heavy (non-hydrogen) atoms. The van der Waals surface area contributed by atoms with Crippen molar-refractivity contribution in [2.24, 2.45) is 4.99 Å². The summed E-state index contributed by atoms with van der Waals surface area (Å²) >= 11 is 1.28. The SMILES string of the molecule is COC(=O)c1cc(-c2cc(=NC3CC3)n3nc/c(=C\c4[nH]c(=O)[nH]c4O)c3n2)cs1. The lowest BCUT2D eigenvalue weighted by atomic mass is 10.2. The Morgan fingerprint density at radius 2 is 2.23 bits per heavy atom. The molecular weight excluding hydrogens is 408 g/mol. The number of carbonyl (C=O) groups excluding carboxylic acids is 1. The molecule has 1 saturated carbocycles. The molecule has 0 radical (unpaired) electrons. The molecule has 4 aromatic heterocycles. The standard InChI is InChI=1S/C19H16N6O4S/c1-29-18(27)14-5-10(8-30-14)12-6-15(21-11-2-3-11)25-16(22-12)9(7-20-25)4-13-17(26)24-19(28)23-13/h4-8,11,26H,2-3H2,1H3,(H2,23,24,28)/b9-4+,21-15?. The first-order valence-electron chi connectivity index (χ1n) is 9.14. The van der Waals surface area contributed by atoms with Gasteiger partial charge in [0.1, 0.15) is 10.6 Å². The smallest absolute Gasteiger partial charge is 0.348 e. The van der Waals surface area contributed by atoms with Crippen LogP contribution >= 0.6 is 11.3 Å². The maximum atomic E-state index is 11.8. The van der Waals surface area contributed by atoms with Crippen LogP contribution in [0.5, 0.6) is 5.88 Å². The number of ether oxygens (including phenoxy) is 1. The highest BCUT2D eigenvalue weighted by Gasteiger charge is 2.21. The second kappa shape index (κ2) is 6.95. The number of thiophene rings is 1. The summed E-state index contributed by atoms with van der Waals surface area (Å²) in [5, 5.41) is 16.7. The number of imidazole rings is 1. The van der Waals surface area contributed by atoms with E-state index < -0.39 is 11.7 Å². The van der Waals surface area contributed by atoms with Gasteiger partial charge in [0.2, 0.25) is 5.88 Å². The van der Waals surface area contributed by atoms with Crippen molar-refractivity contribution in [2.75, 3.05) is 7.11 Å². The van der Waals surface area contributed by atoms with Gasteiger partial charge in [-0.1, -0.05) is 0 Å². The summed E-state index contributed by atoms with van der Waals surface area (Å²) in [4.78, 5) is 37.9. The van der Waals surface area contributed by atoms with Gasteiger partial charge in [-0.2, -0.15) is 9.61 Å². The van der Waals surface area contributed by atoms with Crippen molar-refractivity contribution in [2.45, 2.75) is 18.9 Å². The van der Waals surface area contributed by atoms with Gasteiger partial charge in [-0.05, 0) is 25.0 Å². The average Bonchev–Trinajstić information content (AvgIpc) is 3.12. The van der Waals surface area contributed by atoms with Crippen molar-refractivity contribution in [1.29, 1.82) is 0 Å². The normalized spacial score (nSPS) is 15.2. The number of fused-ring (bicyclic) bond motifs is 1. The van der Waals surface area contributed by atoms with Gasteiger partial charge in [0, 0.05) is 22.2 Å². The van der Waals surface area contributed by atoms with Gasteiger partial charge in [0.25, 0.3) is 0 Å². The summed E-state index contributed by atoms with van der Waals surface area (Å²) in [6.07, 6.45) is 5.24. The highest BCUT2D eigenvalue weighted by molar-refractivity contribution is 7.12. The van der Waals surface area contributed by atoms with E-state index in [1.165, 1.54) is 18.4 Å². The summed E-state index contributed by atoms with van der Waals surface area (Å²) in [5.41, 5.74) is 2.28. The molecule has 5 rings (SSSR count). The minimum atomic E-state index is -0.512. The molecule has 0 spiro atoms. The molecule has 0 saturated heterocycles. The van der Waals surface area contributed by atoms with E-state index in [0.29, 0.717) is 26.9 Å². The third kappa shape index (κ3) is 3.28. The monoisotopic (exact) mass is 424 g/mol. The van der Waals surface area contributed by atoms with Crippen molar-refractivity contribution in [3.63, 3.8) is 0 Å². The van der Waals surface area contributed by atoms with Crippen molar-refractivity contribution in [3.05, 3.63) is 55.5 Å². The summed E-state index contributed by atoms with van der Waals surface area (Å²) in [6.45, 7) is 0. The van der Waals surface area contributed by atoms with Crippen LogP contribution in [0.1, 0.15) is 28.2 Å². The predicted octanol–water partition coefficient (Wildman–Crippen LogP) is 0.577. The maximum Gasteiger partial charge on any atom is 0.348 e. The van der Waals surface area contributed by atoms with E-state index in [1.54, 1.807) is 22.9 Å². The minimum absolute atomic E-state index is 0.228. The Kier molecular flexibility index (Phi) is 4.24. The molecule has 3 N–H and O–H groups in total. The quantitative estimate of drug-likeness (QED) is 0.410. The Bertz CT molecular complexity index is 1460. The Balaban J connectivity index is 1.72. The fourth-order valence-electron chi connectivity index (χ4n) is 3.02. The number of aromatic nitrogens is 5. The molecule has 4 heterocycles. The number of hydrogen-bond acceptors (Lipinski definition) is 8. The maximum absolute atomic E-state index is 11.8. The lowest BCUT2D eigenvalue weighted by Gasteiger charge is -2.01. The average molecular weight is 424 g/mol. The fourth-order valence-corrected chi connectivity index (χ4v) is 3.84. The van der Waals surface area contributed by atoms with E-state index in [-0.39, 0.29) is 17.6 Å². The van der Waals surface area contributed by atoms with Crippen molar-refractivity contribution in [1.82, 2.24) is 24.6 Å². The van der Waals surface area contributed by atoms with Gasteiger partial charge in [-0.15, -0.1) is 11.3 Å². The fraction of sp³-hybridized carbons (Fsp3) is 0.211. The number of aromatic hydroxyl groups is 1. The molecule has 0 aliphatic heterocycles. The molecule has 4 aromatic rings. The van der Waals surface area contributed by atoms with E-state index in [2.05, 4.69) is 15.1 Å². The third-order valence-corrected chi connectivity index (χ3v) is 5.57. The van der Waals surface area contributed by atoms with Gasteiger partial charge >= 0.3 is 11.7 Å². The van der Waals surface area contributed by atoms with Crippen LogP contribution in [0, 0.1) is 0 Å². The number of aromatic amines is 2. The Labute approximate surface area is 172 Å². The van der Waals surface area contributed by atoms with Crippen LogP contribution in [-0.2, 0) is 4.74 Å². The molecule has 1 aliphatic rings. The zero-order valence-corrected chi connectivity index (χ0v) is 16.6. The number of H-pyrrole nitrogens is 2. The van der Waals surface area contributed by atoms with E-state index in [9.17, 15) is 14.7 Å². The number of methoxy groups -OCH3 is 1. The number of esters is 1. The van der Waals surface area contributed by atoms with Gasteiger partial charge in [-0.25, -0.2) is 14.6 Å². The van der Waals surface area contributed by atoms with Crippen molar-refractivity contribution >= 4 is 29.0 Å². The second-order valence-corrected chi connectivity index (χ2v) is 7.78. The molecule has 0 atom stereocenters.